The summed E-state index contributed by atoms with van der Waals surface area (Å²) >= 11 is 0. The van der Waals surface area contributed by atoms with Gasteiger partial charge in [0.1, 0.15) is 0 Å². The topological polar surface area (TPSA) is 28.1 Å². The molecular weight excluding hydrogens is 172 g/mol. The lowest BCUT2D eigenvalue weighted by molar-refractivity contribution is 0.734. The maximum Gasteiger partial charge on any atom is 0.188 e. The van der Waals surface area contributed by atoms with E-state index in [0.29, 0.717) is 17.2 Å². The van der Waals surface area contributed by atoms with Gasteiger partial charge in [0.2, 0.25) is 0 Å². The highest BCUT2D eigenvalue weighted by molar-refractivity contribution is 5.53. The van der Waals surface area contributed by atoms with E-state index in [0.717, 1.165) is 12.0 Å². The third-order valence-electron chi connectivity index (χ3n) is 2.38. The van der Waals surface area contributed by atoms with Gasteiger partial charge in [-0.3, -0.25) is 0 Å². The molecule has 0 N–H and O–H groups in total. The Bertz CT molecular complexity index is 375. The summed E-state index contributed by atoms with van der Waals surface area (Å²) in [5.74, 6) is 0.406. The first-order valence-electron chi connectivity index (χ1n) is 4.63. The van der Waals surface area contributed by atoms with Gasteiger partial charge in [0, 0.05) is 5.56 Å². The number of benzene rings is 1. The Morgan fingerprint density at radius 2 is 2.21 bits per heavy atom. The summed E-state index contributed by atoms with van der Waals surface area (Å²) in [7, 11) is 0. The summed E-state index contributed by atoms with van der Waals surface area (Å²) in [5.41, 5.74) is 2.21. The first-order valence-corrected chi connectivity index (χ1v) is 4.63. The van der Waals surface area contributed by atoms with Crippen LogP contribution >= 0.6 is 0 Å². The lowest BCUT2D eigenvalue weighted by atomic mass is 9.96. The highest BCUT2D eigenvalue weighted by atomic mass is 14.6. The second kappa shape index (κ2) is 4.44. The molecule has 0 amide bonds. The normalized spacial score (nSPS) is 11.4. The molecule has 1 unspecified atom stereocenters. The summed E-state index contributed by atoms with van der Waals surface area (Å²) in [6.07, 6.45) is 1.02. The van der Waals surface area contributed by atoms with Crippen LogP contribution in [0.5, 0.6) is 0 Å². The van der Waals surface area contributed by atoms with Gasteiger partial charge in [0.05, 0.1) is 12.6 Å². The quantitative estimate of drug-likeness (QED) is 0.645. The molecule has 2 heteroatoms. The van der Waals surface area contributed by atoms with Gasteiger partial charge < -0.3 is 0 Å². The minimum Gasteiger partial charge on any atom is -0.238 e. The second-order valence-corrected chi connectivity index (χ2v) is 3.35. The molecule has 0 aliphatic rings. The molecule has 1 aromatic carbocycles. The fourth-order valence-corrected chi connectivity index (χ4v) is 1.28. The van der Waals surface area contributed by atoms with Crippen LogP contribution in [0.4, 0.5) is 5.69 Å². The standard InChI is InChI=1S/C12H12N2/c1-4-9(2)11-5-10(8-13)6-12(7-11)14-3/h5-7,9H,4H2,1-2H3. The van der Waals surface area contributed by atoms with Crippen molar-refractivity contribution in [2.24, 2.45) is 0 Å². The van der Waals surface area contributed by atoms with Gasteiger partial charge in [0.15, 0.2) is 5.69 Å². The predicted octanol–water partition coefficient (Wildman–Crippen LogP) is 3.62. The van der Waals surface area contributed by atoms with E-state index >= 15 is 0 Å². The predicted molar refractivity (Wildman–Crippen MR) is 56.1 cm³/mol. The molecule has 1 aromatic rings. The van der Waals surface area contributed by atoms with Gasteiger partial charge in [-0.25, -0.2) is 4.85 Å². The molecule has 0 aliphatic carbocycles. The lowest BCUT2D eigenvalue weighted by Gasteiger charge is -2.09. The van der Waals surface area contributed by atoms with Crippen molar-refractivity contribution in [1.29, 1.82) is 5.26 Å². The van der Waals surface area contributed by atoms with Gasteiger partial charge in [0.25, 0.3) is 0 Å². The van der Waals surface area contributed by atoms with E-state index in [1.807, 2.05) is 12.1 Å². The summed E-state index contributed by atoms with van der Waals surface area (Å²) in [6.45, 7) is 11.1. The molecule has 0 fully saturated rings. The molecule has 0 heterocycles. The molecule has 0 aliphatic heterocycles. The molecule has 1 atom stereocenters. The van der Waals surface area contributed by atoms with Gasteiger partial charge in [-0.2, -0.15) is 5.26 Å². The molecule has 0 radical (unpaired) electrons. The van der Waals surface area contributed by atoms with Gasteiger partial charge in [-0.05, 0) is 24.5 Å². The number of hydrogen-bond acceptors (Lipinski definition) is 1. The zero-order valence-corrected chi connectivity index (χ0v) is 8.41. The van der Waals surface area contributed by atoms with E-state index in [4.69, 9.17) is 11.8 Å². The molecule has 1 rings (SSSR count). The first kappa shape index (κ1) is 10.3. The highest BCUT2D eigenvalue weighted by Crippen LogP contribution is 2.25. The van der Waals surface area contributed by atoms with Crippen LogP contribution in [0.25, 0.3) is 4.85 Å². The molecule has 70 valence electrons. The van der Waals surface area contributed by atoms with Crippen LogP contribution in [0, 0.1) is 17.9 Å². The molecule has 0 spiro atoms. The van der Waals surface area contributed by atoms with Gasteiger partial charge >= 0.3 is 0 Å². The Morgan fingerprint density at radius 1 is 1.50 bits per heavy atom. The Morgan fingerprint density at radius 3 is 2.71 bits per heavy atom. The van der Waals surface area contributed by atoms with Crippen LogP contribution in [0.1, 0.15) is 37.3 Å². The van der Waals surface area contributed by atoms with E-state index in [9.17, 15) is 0 Å². The number of nitrogens with zero attached hydrogens (tertiary/aromatic N) is 2. The average Bonchev–Trinajstić information content (AvgIpc) is 2.27. The second-order valence-electron chi connectivity index (χ2n) is 3.35. The SMILES string of the molecule is [C-]#[N+]c1cc(C#N)cc(C(C)CC)c1. The summed E-state index contributed by atoms with van der Waals surface area (Å²) < 4.78 is 0. The van der Waals surface area contributed by atoms with Crippen molar-refractivity contribution in [2.75, 3.05) is 0 Å². The van der Waals surface area contributed by atoms with Crippen LogP contribution in [0.15, 0.2) is 18.2 Å². The fourth-order valence-electron chi connectivity index (χ4n) is 1.28. The van der Waals surface area contributed by atoms with E-state index in [-0.39, 0.29) is 0 Å². The van der Waals surface area contributed by atoms with Crippen molar-refractivity contribution in [3.05, 3.63) is 40.7 Å². The number of nitriles is 1. The molecular formula is C12H12N2. The fraction of sp³-hybridized carbons (Fsp3) is 0.333. The van der Waals surface area contributed by atoms with Crippen LogP contribution in [0.2, 0.25) is 0 Å². The smallest absolute Gasteiger partial charge is 0.188 e. The van der Waals surface area contributed by atoms with Crippen molar-refractivity contribution in [2.45, 2.75) is 26.2 Å². The zero-order chi connectivity index (χ0) is 10.6. The highest BCUT2D eigenvalue weighted by Gasteiger charge is 2.05. The zero-order valence-electron chi connectivity index (χ0n) is 8.41. The molecule has 0 aromatic heterocycles. The molecule has 0 bridgehead atoms. The van der Waals surface area contributed by atoms with Gasteiger partial charge in [-0.15, -0.1) is 0 Å². The van der Waals surface area contributed by atoms with Crippen LogP contribution in [-0.2, 0) is 0 Å². The Balaban J connectivity index is 3.20. The van der Waals surface area contributed by atoms with Crippen molar-refractivity contribution >= 4 is 5.69 Å². The van der Waals surface area contributed by atoms with E-state index in [1.54, 1.807) is 6.07 Å². The maximum atomic E-state index is 8.78. The maximum absolute atomic E-state index is 8.78. The summed E-state index contributed by atoms with van der Waals surface area (Å²) in [4.78, 5) is 3.36. The number of hydrogen-bond donors (Lipinski definition) is 0. The van der Waals surface area contributed by atoms with Crippen LogP contribution < -0.4 is 0 Å². The third-order valence-corrected chi connectivity index (χ3v) is 2.38. The van der Waals surface area contributed by atoms with Crippen molar-refractivity contribution < 1.29 is 0 Å². The van der Waals surface area contributed by atoms with Crippen molar-refractivity contribution in [3.8, 4) is 6.07 Å². The average molecular weight is 184 g/mol. The molecule has 0 saturated carbocycles. The monoisotopic (exact) mass is 184 g/mol. The summed E-state index contributed by atoms with van der Waals surface area (Å²) in [6, 6.07) is 7.43. The Kier molecular flexibility index (Phi) is 3.26. The third kappa shape index (κ3) is 2.12. The minimum absolute atomic E-state index is 0.406. The minimum atomic E-state index is 0.406. The van der Waals surface area contributed by atoms with E-state index in [2.05, 4.69) is 24.8 Å². The van der Waals surface area contributed by atoms with E-state index < -0.39 is 0 Å². The molecule has 2 nitrogen and oxygen atoms in total. The Hall–Kier alpha value is -1.80. The van der Waals surface area contributed by atoms with Gasteiger partial charge in [-0.1, -0.05) is 25.5 Å². The van der Waals surface area contributed by atoms with E-state index in [1.165, 1.54) is 0 Å². The molecule has 0 saturated heterocycles. The van der Waals surface area contributed by atoms with Crippen LogP contribution in [0.3, 0.4) is 0 Å². The lowest BCUT2D eigenvalue weighted by Crippen LogP contribution is -1.91. The molecule has 14 heavy (non-hydrogen) atoms. The Labute approximate surface area is 84.6 Å². The largest absolute Gasteiger partial charge is 0.238 e. The van der Waals surface area contributed by atoms with Crippen molar-refractivity contribution in [1.82, 2.24) is 0 Å². The number of rotatable bonds is 2. The van der Waals surface area contributed by atoms with Crippen LogP contribution in [-0.4, -0.2) is 0 Å². The van der Waals surface area contributed by atoms with Crippen molar-refractivity contribution in [3.63, 3.8) is 0 Å². The first-order chi connectivity index (χ1) is 6.71. The summed E-state index contributed by atoms with van der Waals surface area (Å²) in [5, 5.41) is 8.78.